The van der Waals surface area contributed by atoms with Gasteiger partial charge in [-0.25, -0.2) is 4.98 Å². The smallest absolute Gasteiger partial charge is 0.255 e. The van der Waals surface area contributed by atoms with Crippen molar-refractivity contribution < 1.29 is 14.3 Å². The number of hydrogen-bond acceptors (Lipinski definition) is 7. The predicted molar refractivity (Wildman–Crippen MR) is 123 cm³/mol. The van der Waals surface area contributed by atoms with Gasteiger partial charge in [-0.1, -0.05) is 12.1 Å². The van der Waals surface area contributed by atoms with Crippen LogP contribution in [0.15, 0.2) is 42.6 Å². The van der Waals surface area contributed by atoms with E-state index in [4.69, 9.17) is 9.47 Å². The summed E-state index contributed by atoms with van der Waals surface area (Å²) in [5, 5.41) is 1.18. The summed E-state index contributed by atoms with van der Waals surface area (Å²) in [5.74, 6) is 1.51. The molecule has 3 aromatic rings. The SMILES string of the molecule is CC(C)(C)OCCOc1ccc(C(=O)N2CCN(c3nsc4ccccc34)CC2)cn1. The molecule has 0 radical (unpaired) electrons. The molecule has 3 heterocycles. The zero-order valence-electron chi connectivity index (χ0n) is 18.2. The Morgan fingerprint density at radius 3 is 2.55 bits per heavy atom. The first kappa shape index (κ1) is 21.5. The van der Waals surface area contributed by atoms with Crippen LogP contribution in [0.5, 0.6) is 5.88 Å². The van der Waals surface area contributed by atoms with Crippen LogP contribution in [-0.4, -0.2) is 65.2 Å². The van der Waals surface area contributed by atoms with Crippen LogP contribution >= 0.6 is 11.5 Å². The summed E-state index contributed by atoms with van der Waals surface area (Å²) < 4.78 is 17.0. The molecule has 164 valence electrons. The number of ether oxygens (including phenoxy) is 2. The molecule has 1 saturated heterocycles. The Morgan fingerprint density at radius 1 is 1.06 bits per heavy atom. The second-order valence-electron chi connectivity index (χ2n) is 8.48. The fourth-order valence-corrected chi connectivity index (χ4v) is 4.29. The average Bonchev–Trinajstić information content (AvgIpc) is 3.20. The molecule has 0 atom stereocenters. The van der Waals surface area contributed by atoms with E-state index in [2.05, 4.69) is 26.4 Å². The summed E-state index contributed by atoms with van der Waals surface area (Å²) in [6.45, 7) is 9.78. The lowest BCUT2D eigenvalue weighted by Crippen LogP contribution is -2.49. The normalized spacial score (nSPS) is 14.8. The molecule has 1 aliphatic rings. The summed E-state index contributed by atoms with van der Waals surface area (Å²) >= 11 is 1.52. The molecule has 0 aliphatic carbocycles. The first-order valence-electron chi connectivity index (χ1n) is 10.5. The lowest BCUT2D eigenvalue weighted by atomic mass is 10.2. The Morgan fingerprint density at radius 2 is 1.84 bits per heavy atom. The van der Waals surface area contributed by atoms with E-state index in [1.807, 2.05) is 37.8 Å². The number of pyridine rings is 1. The monoisotopic (exact) mass is 440 g/mol. The molecule has 0 spiro atoms. The van der Waals surface area contributed by atoms with E-state index in [9.17, 15) is 4.79 Å². The number of aromatic nitrogens is 2. The van der Waals surface area contributed by atoms with E-state index < -0.39 is 0 Å². The lowest BCUT2D eigenvalue weighted by Gasteiger charge is -2.35. The van der Waals surface area contributed by atoms with Crippen molar-refractivity contribution in [3.63, 3.8) is 0 Å². The minimum absolute atomic E-state index is 0.00194. The zero-order chi connectivity index (χ0) is 21.8. The number of piperazine rings is 1. The minimum atomic E-state index is -0.191. The van der Waals surface area contributed by atoms with Crippen LogP contribution in [0.2, 0.25) is 0 Å². The third kappa shape index (κ3) is 5.32. The Balaban J connectivity index is 1.29. The van der Waals surface area contributed by atoms with E-state index in [1.54, 1.807) is 18.3 Å². The second kappa shape index (κ2) is 9.20. The highest BCUT2D eigenvalue weighted by atomic mass is 32.1. The van der Waals surface area contributed by atoms with Crippen LogP contribution < -0.4 is 9.64 Å². The minimum Gasteiger partial charge on any atom is -0.475 e. The lowest BCUT2D eigenvalue weighted by molar-refractivity contribution is -0.0168. The van der Waals surface area contributed by atoms with Crippen molar-refractivity contribution in [2.45, 2.75) is 26.4 Å². The van der Waals surface area contributed by atoms with Crippen molar-refractivity contribution in [1.82, 2.24) is 14.3 Å². The van der Waals surface area contributed by atoms with E-state index in [0.29, 0.717) is 37.7 Å². The zero-order valence-corrected chi connectivity index (χ0v) is 19.0. The van der Waals surface area contributed by atoms with E-state index >= 15 is 0 Å². The third-order valence-electron chi connectivity index (χ3n) is 5.08. The Hall–Kier alpha value is -2.71. The largest absolute Gasteiger partial charge is 0.475 e. The van der Waals surface area contributed by atoms with Crippen LogP contribution in [0, 0.1) is 0 Å². The summed E-state index contributed by atoms with van der Waals surface area (Å²) in [7, 11) is 0. The van der Waals surface area contributed by atoms with E-state index in [0.717, 1.165) is 18.9 Å². The molecule has 1 aliphatic heterocycles. The number of hydrogen-bond donors (Lipinski definition) is 0. The van der Waals surface area contributed by atoms with Gasteiger partial charge in [0.15, 0.2) is 0 Å². The number of anilines is 1. The van der Waals surface area contributed by atoms with Crippen LogP contribution in [0.1, 0.15) is 31.1 Å². The summed E-state index contributed by atoms with van der Waals surface area (Å²) in [5.41, 5.74) is 0.384. The molecule has 0 N–H and O–H groups in total. The molecule has 1 amide bonds. The number of nitrogens with zero attached hydrogens (tertiary/aromatic N) is 4. The molecule has 4 rings (SSSR count). The van der Waals surface area contributed by atoms with Crippen molar-refractivity contribution >= 4 is 33.3 Å². The fourth-order valence-electron chi connectivity index (χ4n) is 3.49. The molecule has 0 bridgehead atoms. The number of fused-ring (bicyclic) bond motifs is 1. The molecule has 8 heteroatoms. The average molecular weight is 441 g/mol. The van der Waals surface area contributed by atoms with Crippen LogP contribution in [-0.2, 0) is 4.74 Å². The van der Waals surface area contributed by atoms with Gasteiger partial charge in [-0.05, 0) is 50.5 Å². The number of amides is 1. The number of carbonyl (C=O) groups is 1. The fraction of sp³-hybridized carbons (Fsp3) is 0.435. The summed E-state index contributed by atoms with van der Waals surface area (Å²) in [4.78, 5) is 21.3. The van der Waals surface area contributed by atoms with Gasteiger partial charge in [0.25, 0.3) is 5.91 Å². The van der Waals surface area contributed by atoms with Crippen molar-refractivity contribution in [3.05, 3.63) is 48.2 Å². The maximum Gasteiger partial charge on any atom is 0.255 e. The topological polar surface area (TPSA) is 67.8 Å². The van der Waals surface area contributed by atoms with Gasteiger partial charge in [0, 0.05) is 43.8 Å². The van der Waals surface area contributed by atoms with Crippen molar-refractivity contribution in [2.75, 3.05) is 44.3 Å². The molecule has 1 fully saturated rings. The summed E-state index contributed by atoms with van der Waals surface area (Å²) in [6.07, 6.45) is 1.59. The molecule has 1 aromatic carbocycles. The van der Waals surface area contributed by atoms with Crippen LogP contribution in [0.25, 0.3) is 10.1 Å². The number of carbonyl (C=O) groups excluding carboxylic acids is 1. The van der Waals surface area contributed by atoms with Gasteiger partial charge in [0.05, 0.1) is 22.5 Å². The molecule has 0 saturated carbocycles. The van der Waals surface area contributed by atoms with Crippen LogP contribution in [0.3, 0.4) is 0 Å². The predicted octanol–water partition coefficient (Wildman–Crippen LogP) is 3.85. The van der Waals surface area contributed by atoms with E-state index in [1.165, 1.54) is 21.6 Å². The first-order chi connectivity index (χ1) is 14.9. The Kier molecular flexibility index (Phi) is 6.38. The van der Waals surface area contributed by atoms with Gasteiger partial charge in [-0.2, -0.15) is 4.37 Å². The van der Waals surface area contributed by atoms with Crippen molar-refractivity contribution in [3.8, 4) is 5.88 Å². The van der Waals surface area contributed by atoms with Crippen molar-refractivity contribution in [1.29, 1.82) is 0 Å². The number of rotatable bonds is 6. The maximum atomic E-state index is 12.9. The van der Waals surface area contributed by atoms with Gasteiger partial charge in [0.1, 0.15) is 12.4 Å². The standard InChI is InChI=1S/C23H28N4O3S/c1-23(2,3)30-15-14-29-20-9-8-17(16-24-20)22(28)27-12-10-26(11-13-27)21-18-6-4-5-7-19(18)31-25-21/h4-9,16H,10-15H2,1-3H3. The first-order valence-corrected chi connectivity index (χ1v) is 11.3. The maximum absolute atomic E-state index is 12.9. The van der Waals surface area contributed by atoms with Gasteiger partial charge >= 0.3 is 0 Å². The van der Waals surface area contributed by atoms with Gasteiger partial charge in [0.2, 0.25) is 5.88 Å². The highest BCUT2D eigenvalue weighted by molar-refractivity contribution is 7.13. The Bertz CT molecular complexity index is 1020. The molecular weight excluding hydrogens is 412 g/mol. The number of benzene rings is 1. The Labute approximate surface area is 186 Å². The van der Waals surface area contributed by atoms with Gasteiger partial charge in [-0.3, -0.25) is 4.79 Å². The van der Waals surface area contributed by atoms with Crippen LogP contribution in [0.4, 0.5) is 5.82 Å². The van der Waals surface area contributed by atoms with E-state index in [-0.39, 0.29) is 11.5 Å². The quantitative estimate of drug-likeness (QED) is 0.543. The molecular formula is C23H28N4O3S. The highest BCUT2D eigenvalue weighted by Crippen LogP contribution is 2.30. The second-order valence-corrected chi connectivity index (χ2v) is 9.28. The molecule has 0 unspecified atom stereocenters. The molecule has 31 heavy (non-hydrogen) atoms. The third-order valence-corrected chi connectivity index (χ3v) is 5.89. The van der Waals surface area contributed by atoms with Gasteiger partial charge in [-0.15, -0.1) is 0 Å². The summed E-state index contributed by atoms with van der Waals surface area (Å²) in [6, 6.07) is 11.8. The highest BCUT2D eigenvalue weighted by Gasteiger charge is 2.24. The van der Waals surface area contributed by atoms with Crippen molar-refractivity contribution in [2.24, 2.45) is 0 Å². The molecule has 7 nitrogen and oxygen atoms in total. The van der Waals surface area contributed by atoms with Gasteiger partial charge < -0.3 is 19.3 Å². The molecule has 2 aromatic heterocycles.